The molecule has 1 heterocycles. The molecule has 1 atom stereocenters. The van der Waals surface area contributed by atoms with Crippen LogP contribution in [0.25, 0.3) is 10.9 Å². The van der Waals surface area contributed by atoms with E-state index in [0.29, 0.717) is 5.57 Å². The summed E-state index contributed by atoms with van der Waals surface area (Å²) in [5, 5.41) is 2.46. The number of amides is 1. The number of hydroxylamine groups is 2. The van der Waals surface area contributed by atoms with Gasteiger partial charge in [0.25, 0.3) is 5.91 Å². The Morgan fingerprint density at radius 1 is 1.03 bits per heavy atom. The molecule has 156 valence electrons. The molecule has 0 aliphatic heterocycles. The molecule has 1 aromatic heterocycles. The Morgan fingerprint density at radius 3 is 2.39 bits per heavy atom. The number of rotatable bonds is 7. The van der Waals surface area contributed by atoms with Gasteiger partial charge in [-0.25, -0.2) is 5.06 Å². The standard InChI is InChI=1S/C26H23BrN2O2/c1-18(2)26(30)29(31-17-19-10-5-3-6-11-19)25(20-12-7-4-8-13-20)21-16-28-23-15-9-14-22(27)24(21)23/h3-16,25,28H,1,17H2,2H3. The predicted molar refractivity (Wildman–Crippen MR) is 127 cm³/mol. The Labute approximate surface area is 190 Å². The van der Waals surface area contributed by atoms with Crippen LogP contribution in [0.3, 0.4) is 0 Å². The molecule has 4 rings (SSSR count). The van der Waals surface area contributed by atoms with Crippen molar-refractivity contribution in [2.75, 3.05) is 0 Å². The van der Waals surface area contributed by atoms with Crippen molar-refractivity contribution in [3.05, 3.63) is 118 Å². The first-order valence-electron chi connectivity index (χ1n) is 10.0. The van der Waals surface area contributed by atoms with Crippen LogP contribution in [-0.4, -0.2) is 16.0 Å². The second-order valence-corrected chi connectivity index (χ2v) is 8.24. The Balaban J connectivity index is 1.84. The van der Waals surface area contributed by atoms with E-state index in [0.717, 1.165) is 32.1 Å². The van der Waals surface area contributed by atoms with E-state index in [1.807, 2.05) is 85.1 Å². The lowest BCUT2D eigenvalue weighted by molar-refractivity contribution is -0.198. The minimum Gasteiger partial charge on any atom is -0.361 e. The molecular formula is C26H23BrN2O2. The quantitative estimate of drug-likeness (QED) is 0.243. The average molecular weight is 475 g/mol. The number of aromatic amines is 1. The van der Waals surface area contributed by atoms with Crippen molar-refractivity contribution in [3.63, 3.8) is 0 Å². The number of H-pyrrole nitrogens is 1. The highest BCUT2D eigenvalue weighted by atomic mass is 79.9. The fourth-order valence-corrected chi connectivity index (χ4v) is 4.21. The average Bonchev–Trinajstić information content (AvgIpc) is 3.22. The second-order valence-electron chi connectivity index (χ2n) is 7.39. The van der Waals surface area contributed by atoms with E-state index in [9.17, 15) is 4.79 Å². The minimum absolute atomic E-state index is 0.258. The van der Waals surface area contributed by atoms with E-state index in [1.54, 1.807) is 6.92 Å². The van der Waals surface area contributed by atoms with Crippen molar-refractivity contribution < 1.29 is 9.63 Å². The van der Waals surface area contributed by atoms with Gasteiger partial charge in [0.15, 0.2) is 0 Å². The molecule has 0 spiro atoms. The van der Waals surface area contributed by atoms with E-state index in [2.05, 4.69) is 27.5 Å². The van der Waals surface area contributed by atoms with Crippen molar-refractivity contribution >= 4 is 32.7 Å². The molecule has 0 fully saturated rings. The van der Waals surface area contributed by atoms with E-state index in [1.165, 1.54) is 5.06 Å². The highest BCUT2D eigenvalue weighted by molar-refractivity contribution is 9.10. The van der Waals surface area contributed by atoms with Gasteiger partial charge in [0.05, 0.1) is 0 Å². The number of carbonyl (C=O) groups excluding carboxylic acids is 1. The number of benzene rings is 3. The van der Waals surface area contributed by atoms with Gasteiger partial charge in [-0.15, -0.1) is 0 Å². The van der Waals surface area contributed by atoms with Gasteiger partial charge < -0.3 is 4.98 Å². The molecule has 0 aliphatic carbocycles. The van der Waals surface area contributed by atoms with E-state index in [4.69, 9.17) is 4.84 Å². The Kier molecular flexibility index (Phi) is 6.35. The molecule has 1 unspecified atom stereocenters. The number of halogens is 1. The predicted octanol–water partition coefficient (Wildman–Crippen LogP) is 6.56. The maximum Gasteiger partial charge on any atom is 0.273 e. The van der Waals surface area contributed by atoms with Gasteiger partial charge >= 0.3 is 0 Å². The van der Waals surface area contributed by atoms with E-state index in [-0.39, 0.29) is 12.5 Å². The molecule has 0 radical (unpaired) electrons. The summed E-state index contributed by atoms with van der Waals surface area (Å²) in [5.41, 5.74) is 4.26. The highest BCUT2D eigenvalue weighted by Crippen LogP contribution is 2.38. The van der Waals surface area contributed by atoms with Gasteiger partial charge in [-0.05, 0) is 30.2 Å². The van der Waals surface area contributed by atoms with Crippen LogP contribution in [0.15, 0.2) is 102 Å². The summed E-state index contributed by atoms with van der Waals surface area (Å²) < 4.78 is 0.952. The Bertz CT molecular complexity index is 1200. The molecule has 1 amide bonds. The van der Waals surface area contributed by atoms with Crippen LogP contribution in [0, 0.1) is 0 Å². The molecule has 0 saturated heterocycles. The third kappa shape index (κ3) is 4.48. The summed E-state index contributed by atoms with van der Waals surface area (Å²) in [6.45, 7) is 5.85. The molecule has 0 bridgehead atoms. The lowest BCUT2D eigenvalue weighted by Gasteiger charge is -2.31. The lowest BCUT2D eigenvalue weighted by atomic mass is 9.97. The smallest absolute Gasteiger partial charge is 0.273 e. The van der Waals surface area contributed by atoms with Crippen molar-refractivity contribution in [1.29, 1.82) is 0 Å². The number of nitrogens with zero attached hydrogens (tertiary/aromatic N) is 1. The van der Waals surface area contributed by atoms with Crippen LogP contribution >= 0.6 is 15.9 Å². The molecule has 31 heavy (non-hydrogen) atoms. The third-order valence-corrected chi connectivity index (χ3v) is 5.77. The zero-order chi connectivity index (χ0) is 21.8. The summed E-state index contributed by atoms with van der Waals surface area (Å²) in [7, 11) is 0. The van der Waals surface area contributed by atoms with Crippen molar-refractivity contribution in [2.45, 2.75) is 19.6 Å². The topological polar surface area (TPSA) is 45.3 Å². The molecule has 0 saturated carbocycles. The van der Waals surface area contributed by atoms with Crippen molar-refractivity contribution in [1.82, 2.24) is 10.0 Å². The first-order chi connectivity index (χ1) is 15.1. The minimum atomic E-state index is -0.457. The van der Waals surface area contributed by atoms with Gasteiger partial charge in [-0.3, -0.25) is 9.63 Å². The molecule has 0 aliphatic rings. The van der Waals surface area contributed by atoms with Crippen LogP contribution in [0.4, 0.5) is 0 Å². The fraction of sp³-hybridized carbons (Fsp3) is 0.115. The fourth-order valence-electron chi connectivity index (χ4n) is 3.61. The van der Waals surface area contributed by atoms with Crippen LogP contribution in [-0.2, 0) is 16.2 Å². The number of hydrogen-bond donors (Lipinski definition) is 1. The lowest BCUT2D eigenvalue weighted by Crippen LogP contribution is -2.36. The van der Waals surface area contributed by atoms with Crippen molar-refractivity contribution in [2.24, 2.45) is 0 Å². The summed E-state index contributed by atoms with van der Waals surface area (Å²) in [4.78, 5) is 22.8. The van der Waals surface area contributed by atoms with Crippen LogP contribution in [0.2, 0.25) is 0 Å². The molecule has 4 nitrogen and oxygen atoms in total. The monoisotopic (exact) mass is 474 g/mol. The zero-order valence-corrected chi connectivity index (χ0v) is 18.8. The summed E-state index contributed by atoms with van der Waals surface area (Å²) in [6.07, 6.45) is 1.94. The first kappa shape index (κ1) is 21.1. The van der Waals surface area contributed by atoms with Gasteiger partial charge in [0, 0.05) is 32.7 Å². The zero-order valence-electron chi connectivity index (χ0n) is 17.2. The molecule has 1 N–H and O–H groups in total. The normalized spacial score (nSPS) is 11.9. The van der Waals surface area contributed by atoms with Gasteiger partial charge in [-0.1, -0.05) is 89.2 Å². The first-order valence-corrected chi connectivity index (χ1v) is 10.8. The SMILES string of the molecule is C=C(C)C(=O)N(OCc1ccccc1)C(c1ccccc1)c1c[nH]c2cccc(Br)c12. The number of nitrogens with one attached hydrogen (secondary N) is 1. The molecular weight excluding hydrogens is 452 g/mol. The number of aromatic nitrogens is 1. The van der Waals surface area contributed by atoms with Crippen molar-refractivity contribution in [3.8, 4) is 0 Å². The number of hydrogen-bond acceptors (Lipinski definition) is 2. The summed E-state index contributed by atoms with van der Waals surface area (Å²) >= 11 is 3.68. The summed E-state index contributed by atoms with van der Waals surface area (Å²) in [6, 6.07) is 25.2. The van der Waals surface area contributed by atoms with E-state index >= 15 is 0 Å². The van der Waals surface area contributed by atoms with Gasteiger partial charge in [0.1, 0.15) is 12.6 Å². The van der Waals surface area contributed by atoms with Crippen LogP contribution < -0.4 is 0 Å². The van der Waals surface area contributed by atoms with Crippen LogP contribution in [0.1, 0.15) is 29.7 Å². The largest absolute Gasteiger partial charge is 0.361 e. The second kappa shape index (κ2) is 9.33. The Hall–Kier alpha value is -3.15. The number of carbonyl (C=O) groups is 1. The Morgan fingerprint density at radius 2 is 1.71 bits per heavy atom. The summed E-state index contributed by atoms with van der Waals surface area (Å²) in [5.74, 6) is -0.258. The van der Waals surface area contributed by atoms with E-state index < -0.39 is 6.04 Å². The van der Waals surface area contributed by atoms with Gasteiger partial charge in [-0.2, -0.15) is 0 Å². The highest BCUT2D eigenvalue weighted by Gasteiger charge is 2.31. The third-order valence-electron chi connectivity index (χ3n) is 5.11. The molecule has 4 aromatic rings. The van der Waals surface area contributed by atoms with Gasteiger partial charge in [0.2, 0.25) is 0 Å². The molecule has 5 heteroatoms. The maximum atomic E-state index is 13.3. The molecule has 3 aromatic carbocycles. The maximum absolute atomic E-state index is 13.3. The number of fused-ring (bicyclic) bond motifs is 1. The van der Waals surface area contributed by atoms with Crippen LogP contribution in [0.5, 0.6) is 0 Å².